The third kappa shape index (κ3) is 11.3. The minimum atomic E-state index is -2.19. The number of rotatable bonds is 12. The number of esters is 1. The van der Waals surface area contributed by atoms with Gasteiger partial charge in [0.05, 0.1) is 13.0 Å². The molecule has 0 saturated heterocycles. The zero-order valence-electron chi connectivity index (χ0n) is 19.4. The Morgan fingerprint density at radius 1 is 1.13 bits per heavy atom. The minimum absolute atomic E-state index is 0.0403. The van der Waals surface area contributed by atoms with E-state index in [2.05, 4.69) is 12.2 Å². The molecule has 1 saturated carbocycles. The summed E-state index contributed by atoms with van der Waals surface area (Å²) in [5.41, 5.74) is -0.638. The summed E-state index contributed by atoms with van der Waals surface area (Å²) in [7, 11) is -0.821. The molecular formula is C22H41NO6P+. The van der Waals surface area contributed by atoms with Crippen molar-refractivity contribution in [2.24, 2.45) is 11.8 Å². The van der Waals surface area contributed by atoms with Gasteiger partial charge in [0.25, 0.3) is 5.78 Å². The molecule has 0 radical (unpaired) electrons. The first kappa shape index (κ1) is 26.8. The molecular weight excluding hydrogens is 405 g/mol. The summed E-state index contributed by atoms with van der Waals surface area (Å²) in [5.74, 6) is -0.930. The second-order valence-electron chi connectivity index (χ2n) is 9.20. The second-order valence-corrected chi connectivity index (χ2v) is 10.7. The average molecular weight is 447 g/mol. The van der Waals surface area contributed by atoms with Gasteiger partial charge in [0, 0.05) is 6.42 Å². The van der Waals surface area contributed by atoms with Gasteiger partial charge in [-0.3, -0.25) is 10.1 Å². The van der Waals surface area contributed by atoms with Gasteiger partial charge in [0.15, 0.2) is 0 Å². The van der Waals surface area contributed by atoms with Crippen LogP contribution in [0.3, 0.4) is 0 Å². The highest BCUT2D eigenvalue weighted by Crippen LogP contribution is 2.35. The van der Waals surface area contributed by atoms with E-state index in [1.807, 2.05) is 0 Å². The number of carbonyl (C=O) groups excluding carboxylic acids is 2. The Balaban J connectivity index is 2.67. The van der Waals surface area contributed by atoms with Crippen LogP contribution < -0.4 is 5.32 Å². The Hall–Kier alpha value is -1.20. The standard InChI is InChI=1S/C22H40NO6P/c1-6-7-9-14-19(23-21(25)29-22(2,3)4)30(26)28-16-18(20(24)27-5)15-17-12-10-8-11-13-17/h17-19H,6-16H2,1-5H3/p+1. The van der Waals surface area contributed by atoms with Gasteiger partial charge >= 0.3 is 20.1 Å². The van der Waals surface area contributed by atoms with Gasteiger partial charge in [-0.15, -0.1) is 4.52 Å². The highest BCUT2D eigenvalue weighted by Gasteiger charge is 2.37. The zero-order chi connectivity index (χ0) is 22.6. The van der Waals surface area contributed by atoms with Crippen LogP contribution in [0.25, 0.3) is 0 Å². The predicted molar refractivity (Wildman–Crippen MR) is 118 cm³/mol. The van der Waals surface area contributed by atoms with Crippen molar-refractivity contribution in [2.45, 2.75) is 103 Å². The van der Waals surface area contributed by atoms with Crippen molar-refractivity contribution < 1.29 is 28.2 Å². The highest BCUT2D eigenvalue weighted by molar-refractivity contribution is 7.40. The minimum Gasteiger partial charge on any atom is -0.469 e. The van der Waals surface area contributed by atoms with Crippen molar-refractivity contribution in [1.82, 2.24) is 5.32 Å². The molecule has 0 aliphatic heterocycles. The van der Waals surface area contributed by atoms with Crippen LogP contribution in [-0.2, 0) is 23.4 Å². The molecule has 3 unspecified atom stereocenters. The number of ether oxygens (including phenoxy) is 2. The number of hydrogen-bond acceptors (Lipinski definition) is 6. The molecule has 0 heterocycles. The normalized spacial score (nSPS) is 17.7. The molecule has 7 nitrogen and oxygen atoms in total. The number of amides is 1. The van der Waals surface area contributed by atoms with E-state index in [1.54, 1.807) is 20.8 Å². The lowest BCUT2D eigenvalue weighted by Crippen LogP contribution is -2.38. The number of alkyl carbamates (subject to hydrolysis) is 1. The fourth-order valence-corrected chi connectivity index (χ4v) is 4.85. The quantitative estimate of drug-likeness (QED) is 0.227. The van der Waals surface area contributed by atoms with Crippen molar-refractivity contribution in [1.29, 1.82) is 0 Å². The molecule has 1 fully saturated rings. The van der Waals surface area contributed by atoms with E-state index in [9.17, 15) is 14.2 Å². The van der Waals surface area contributed by atoms with Crippen LogP contribution in [0.15, 0.2) is 0 Å². The van der Waals surface area contributed by atoms with Crippen LogP contribution in [0.1, 0.15) is 91.9 Å². The lowest BCUT2D eigenvalue weighted by atomic mass is 9.83. The topological polar surface area (TPSA) is 90.9 Å². The van der Waals surface area contributed by atoms with E-state index in [1.165, 1.54) is 26.4 Å². The van der Waals surface area contributed by atoms with Crippen LogP contribution in [-0.4, -0.2) is 37.2 Å². The third-order valence-electron chi connectivity index (χ3n) is 5.30. The Morgan fingerprint density at radius 2 is 1.80 bits per heavy atom. The maximum atomic E-state index is 12.8. The maximum absolute atomic E-state index is 12.8. The lowest BCUT2D eigenvalue weighted by Gasteiger charge is -2.24. The van der Waals surface area contributed by atoms with Gasteiger partial charge in [-0.2, -0.15) is 0 Å². The van der Waals surface area contributed by atoms with Gasteiger partial charge in [-0.1, -0.05) is 51.9 Å². The molecule has 0 aromatic heterocycles. The maximum Gasteiger partial charge on any atom is 0.533 e. The Kier molecular flexibility index (Phi) is 12.5. The van der Waals surface area contributed by atoms with Crippen molar-refractivity contribution in [3.05, 3.63) is 0 Å². The number of carbonyl (C=O) groups is 2. The molecule has 1 rings (SSSR count). The van der Waals surface area contributed by atoms with Crippen molar-refractivity contribution in [3.8, 4) is 0 Å². The Morgan fingerprint density at radius 3 is 2.37 bits per heavy atom. The summed E-state index contributed by atoms with van der Waals surface area (Å²) >= 11 is 0. The molecule has 0 bridgehead atoms. The van der Waals surface area contributed by atoms with Gasteiger partial charge in [0.2, 0.25) is 0 Å². The largest absolute Gasteiger partial charge is 0.533 e. The van der Waals surface area contributed by atoms with Crippen molar-refractivity contribution >= 4 is 20.1 Å². The van der Waals surface area contributed by atoms with E-state index in [0.717, 1.165) is 32.1 Å². The summed E-state index contributed by atoms with van der Waals surface area (Å²) in [6, 6.07) is 0. The SMILES string of the molecule is CCCCCC(NC(=O)OC(C)(C)C)[P+](=O)OCC(CC1CCCCC1)C(=O)OC. The molecule has 1 aliphatic carbocycles. The molecule has 0 aromatic rings. The fraction of sp³-hybridized carbons (Fsp3) is 0.909. The van der Waals surface area contributed by atoms with E-state index < -0.39 is 31.4 Å². The highest BCUT2D eigenvalue weighted by atomic mass is 31.1. The lowest BCUT2D eigenvalue weighted by molar-refractivity contribution is -0.147. The number of unbranched alkanes of at least 4 members (excludes halogenated alkanes) is 2. The summed E-state index contributed by atoms with van der Waals surface area (Å²) < 4.78 is 28.7. The van der Waals surface area contributed by atoms with Crippen LogP contribution >= 0.6 is 8.03 Å². The molecule has 30 heavy (non-hydrogen) atoms. The first-order valence-electron chi connectivity index (χ1n) is 11.3. The van der Waals surface area contributed by atoms with Gasteiger partial charge in [-0.25, -0.2) is 4.79 Å². The summed E-state index contributed by atoms with van der Waals surface area (Å²) in [5, 5.41) is 2.69. The Bertz CT molecular complexity index is 542. The van der Waals surface area contributed by atoms with Gasteiger partial charge < -0.3 is 9.47 Å². The molecule has 3 atom stereocenters. The predicted octanol–water partition coefficient (Wildman–Crippen LogP) is 5.94. The molecule has 0 aromatic carbocycles. The fourth-order valence-electron chi connectivity index (χ4n) is 3.74. The average Bonchev–Trinajstić information content (AvgIpc) is 2.69. The molecule has 174 valence electrons. The van der Waals surface area contributed by atoms with Crippen molar-refractivity contribution in [3.63, 3.8) is 0 Å². The van der Waals surface area contributed by atoms with E-state index in [-0.39, 0.29) is 12.6 Å². The van der Waals surface area contributed by atoms with Gasteiger partial charge in [-0.05, 0) is 44.1 Å². The Labute approximate surface area is 182 Å². The van der Waals surface area contributed by atoms with Crippen LogP contribution in [0, 0.1) is 11.8 Å². The second kappa shape index (κ2) is 14.0. The monoisotopic (exact) mass is 446 g/mol. The first-order chi connectivity index (χ1) is 14.2. The summed E-state index contributed by atoms with van der Waals surface area (Å²) in [6.45, 7) is 7.46. The summed E-state index contributed by atoms with van der Waals surface area (Å²) in [4.78, 5) is 24.4. The molecule has 0 spiro atoms. The molecule has 1 N–H and O–H groups in total. The number of nitrogens with one attached hydrogen (secondary N) is 1. The van der Waals surface area contributed by atoms with Crippen LogP contribution in [0.4, 0.5) is 4.79 Å². The van der Waals surface area contributed by atoms with E-state index >= 15 is 0 Å². The van der Waals surface area contributed by atoms with Gasteiger partial charge in [0.1, 0.15) is 12.2 Å². The molecule has 1 amide bonds. The third-order valence-corrected chi connectivity index (χ3v) is 6.60. The molecule has 1 aliphatic rings. The first-order valence-corrected chi connectivity index (χ1v) is 12.6. The summed E-state index contributed by atoms with van der Waals surface area (Å²) in [6.07, 6.45) is 9.28. The van der Waals surface area contributed by atoms with E-state index in [4.69, 9.17) is 14.0 Å². The smallest absolute Gasteiger partial charge is 0.469 e. The van der Waals surface area contributed by atoms with E-state index in [0.29, 0.717) is 18.8 Å². The van der Waals surface area contributed by atoms with Crippen LogP contribution in [0.2, 0.25) is 0 Å². The number of methoxy groups -OCH3 is 1. The van der Waals surface area contributed by atoms with Crippen LogP contribution in [0.5, 0.6) is 0 Å². The number of hydrogen-bond donors (Lipinski definition) is 1. The molecule has 8 heteroatoms. The van der Waals surface area contributed by atoms with Crippen molar-refractivity contribution in [2.75, 3.05) is 13.7 Å². The zero-order valence-corrected chi connectivity index (χ0v) is 20.3.